The fourth-order valence-electron chi connectivity index (χ4n) is 2.22. The monoisotopic (exact) mass is 295 g/mol. The van der Waals surface area contributed by atoms with Crippen LogP contribution in [0.25, 0.3) is 10.9 Å². The molecule has 1 heterocycles. The third-order valence-electron chi connectivity index (χ3n) is 3.15. The number of anilines is 1. The number of halogens is 1. The van der Waals surface area contributed by atoms with E-state index in [-0.39, 0.29) is 5.41 Å². The molecule has 0 aliphatic heterocycles. The lowest BCUT2D eigenvalue weighted by Gasteiger charge is -2.20. The first-order valence-electron chi connectivity index (χ1n) is 6.26. The van der Waals surface area contributed by atoms with Crippen LogP contribution in [0.1, 0.15) is 26.3 Å². The Hall–Kier alpha value is -1.75. The second-order valence-corrected chi connectivity index (χ2v) is 6.06. The molecular formula is C14H18ClN3O2. The van der Waals surface area contributed by atoms with Gasteiger partial charge in [-0.2, -0.15) is 5.10 Å². The van der Waals surface area contributed by atoms with E-state index in [4.69, 9.17) is 11.6 Å². The third-order valence-corrected chi connectivity index (χ3v) is 3.47. The number of methoxy groups -OCH3 is 1. The molecule has 6 heteroatoms. The maximum absolute atomic E-state index is 11.4. The quantitative estimate of drug-likeness (QED) is 0.872. The van der Waals surface area contributed by atoms with Crippen LogP contribution >= 0.6 is 11.6 Å². The summed E-state index contributed by atoms with van der Waals surface area (Å²) in [5.41, 5.74) is 1.97. The van der Waals surface area contributed by atoms with Gasteiger partial charge in [0.15, 0.2) is 5.82 Å². The van der Waals surface area contributed by atoms with Crippen LogP contribution < -0.4 is 5.32 Å². The highest BCUT2D eigenvalue weighted by molar-refractivity contribution is 6.36. The molecule has 1 amide bonds. The first-order valence-corrected chi connectivity index (χ1v) is 6.64. The average Bonchev–Trinajstić information content (AvgIpc) is 2.66. The van der Waals surface area contributed by atoms with E-state index in [1.165, 1.54) is 7.11 Å². The smallest absolute Gasteiger partial charge is 0.412 e. The minimum absolute atomic E-state index is 0.0564. The van der Waals surface area contributed by atoms with E-state index in [1.807, 2.05) is 19.2 Å². The Morgan fingerprint density at radius 1 is 1.40 bits per heavy atom. The van der Waals surface area contributed by atoms with E-state index in [2.05, 4.69) is 35.9 Å². The molecule has 2 aromatic rings. The van der Waals surface area contributed by atoms with Crippen molar-refractivity contribution in [2.75, 3.05) is 12.4 Å². The number of amides is 1. The zero-order valence-electron chi connectivity index (χ0n) is 12.2. The first kappa shape index (κ1) is 14.7. The molecule has 0 saturated carbocycles. The van der Waals surface area contributed by atoms with E-state index in [0.717, 1.165) is 16.5 Å². The van der Waals surface area contributed by atoms with Gasteiger partial charge in [-0.3, -0.25) is 10.00 Å². The Bertz CT molecular complexity index is 671. The number of nitrogens with one attached hydrogen (secondary N) is 1. The van der Waals surface area contributed by atoms with Crippen molar-refractivity contribution in [1.82, 2.24) is 9.78 Å². The van der Waals surface area contributed by atoms with Crippen LogP contribution in [0.5, 0.6) is 0 Å². The molecule has 20 heavy (non-hydrogen) atoms. The third kappa shape index (κ3) is 2.45. The lowest BCUT2D eigenvalue weighted by Crippen LogP contribution is -2.13. The molecule has 0 saturated heterocycles. The van der Waals surface area contributed by atoms with Crippen molar-refractivity contribution in [3.63, 3.8) is 0 Å². The molecule has 1 aromatic heterocycles. The number of ether oxygens (including phenoxy) is 1. The Morgan fingerprint density at radius 2 is 2.05 bits per heavy atom. The van der Waals surface area contributed by atoms with Gasteiger partial charge in [0.1, 0.15) is 0 Å². The molecule has 0 fully saturated rings. The first-order chi connectivity index (χ1) is 9.25. The van der Waals surface area contributed by atoms with Crippen molar-refractivity contribution >= 4 is 34.4 Å². The summed E-state index contributed by atoms with van der Waals surface area (Å²) in [4.78, 5) is 11.4. The molecule has 5 nitrogen and oxygen atoms in total. The molecule has 0 spiro atoms. The predicted molar refractivity (Wildman–Crippen MR) is 80.5 cm³/mol. The normalized spacial score (nSPS) is 11.7. The second kappa shape index (κ2) is 4.98. The number of hydrogen-bond acceptors (Lipinski definition) is 3. The number of fused-ring (bicyclic) bond motifs is 1. The molecule has 0 bridgehead atoms. The van der Waals surface area contributed by atoms with Gasteiger partial charge in [0.25, 0.3) is 0 Å². The van der Waals surface area contributed by atoms with Gasteiger partial charge in [0.2, 0.25) is 0 Å². The topological polar surface area (TPSA) is 56.1 Å². The largest absolute Gasteiger partial charge is 0.453 e. The van der Waals surface area contributed by atoms with Gasteiger partial charge >= 0.3 is 6.09 Å². The van der Waals surface area contributed by atoms with Crippen LogP contribution in [-0.4, -0.2) is 23.0 Å². The highest BCUT2D eigenvalue weighted by atomic mass is 35.5. The van der Waals surface area contributed by atoms with E-state index < -0.39 is 6.09 Å². The van der Waals surface area contributed by atoms with Crippen molar-refractivity contribution < 1.29 is 9.53 Å². The Labute approximate surface area is 122 Å². The van der Waals surface area contributed by atoms with Crippen molar-refractivity contribution in [2.45, 2.75) is 26.2 Å². The number of nitrogens with zero attached hydrogens (tertiary/aromatic N) is 2. The minimum atomic E-state index is -0.567. The summed E-state index contributed by atoms with van der Waals surface area (Å²) in [5, 5.41) is 8.21. The van der Waals surface area contributed by atoms with Crippen LogP contribution in [-0.2, 0) is 17.2 Å². The molecule has 108 valence electrons. The number of benzene rings is 1. The van der Waals surface area contributed by atoms with E-state index in [1.54, 1.807) is 4.68 Å². The molecule has 2 rings (SSSR count). The van der Waals surface area contributed by atoms with Gasteiger partial charge in [0.05, 0.1) is 23.0 Å². The number of carbonyl (C=O) groups excluding carboxylic acids is 1. The Kier molecular flexibility index (Phi) is 3.65. The molecule has 0 radical (unpaired) electrons. The van der Waals surface area contributed by atoms with Gasteiger partial charge in [-0.15, -0.1) is 0 Å². The van der Waals surface area contributed by atoms with Crippen molar-refractivity contribution in [3.05, 3.63) is 22.7 Å². The standard InChI is InChI=1S/C14H18ClN3O2/c1-14(2,3)8-6-7-9(15)10-11(8)18(4)17-12(10)16-13(19)20-5/h6-7H,1-5H3,(H,16,17,19). The summed E-state index contributed by atoms with van der Waals surface area (Å²) in [5.74, 6) is 0.408. The fraction of sp³-hybridized carbons (Fsp3) is 0.429. The lowest BCUT2D eigenvalue weighted by atomic mass is 9.85. The molecule has 0 aliphatic carbocycles. The fourth-order valence-corrected chi connectivity index (χ4v) is 2.46. The summed E-state index contributed by atoms with van der Waals surface area (Å²) >= 11 is 6.28. The highest BCUT2D eigenvalue weighted by Gasteiger charge is 2.23. The number of hydrogen-bond donors (Lipinski definition) is 1. The van der Waals surface area contributed by atoms with Crippen LogP contribution in [0.4, 0.5) is 10.6 Å². The van der Waals surface area contributed by atoms with Crippen LogP contribution in [0.2, 0.25) is 5.02 Å². The molecule has 1 N–H and O–H groups in total. The maximum atomic E-state index is 11.4. The van der Waals surface area contributed by atoms with Crippen molar-refractivity contribution in [3.8, 4) is 0 Å². The van der Waals surface area contributed by atoms with Gasteiger partial charge in [-0.1, -0.05) is 38.4 Å². The minimum Gasteiger partial charge on any atom is -0.453 e. The summed E-state index contributed by atoms with van der Waals surface area (Å²) in [6.07, 6.45) is -0.567. The number of carbonyl (C=O) groups is 1. The molecular weight excluding hydrogens is 278 g/mol. The second-order valence-electron chi connectivity index (χ2n) is 5.66. The van der Waals surface area contributed by atoms with Crippen molar-refractivity contribution in [1.29, 1.82) is 0 Å². The maximum Gasteiger partial charge on any atom is 0.412 e. The van der Waals surface area contributed by atoms with Gasteiger partial charge in [-0.25, -0.2) is 4.79 Å². The van der Waals surface area contributed by atoms with Crippen LogP contribution in [0.3, 0.4) is 0 Å². The van der Waals surface area contributed by atoms with E-state index in [0.29, 0.717) is 10.8 Å². The van der Waals surface area contributed by atoms with Gasteiger partial charge in [0, 0.05) is 7.05 Å². The summed E-state index contributed by atoms with van der Waals surface area (Å²) in [7, 11) is 3.14. The Balaban J connectivity index is 2.73. The number of rotatable bonds is 1. The summed E-state index contributed by atoms with van der Waals surface area (Å²) in [6.45, 7) is 6.36. The average molecular weight is 296 g/mol. The van der Waals surface area contributed by atoms with Gasteiger partial charge in [-0.05, 0) is 17.0 Å². The molecule has 0 aliphatic rings. The van der Waals surface area contributed by atoms with E-state index >= 15 is 0 Å². The lowest BCUT2D eigenvalue weighted by molar-refractivity contribution is 0.187. The predicted octanol–water partition coefficient (Wildman–Crippen LogP) is 3.70. The molecule has 0 unspecified atom stereocenters. The zero-order chi connectivity index (χ0) is 15.1. The highest BCUT2D eigenvalue weighted by Crippen LogP contribution is 2.37. The molecule has 1 aromatic carbocycles. The summed E-state index contributed by atoms with van der Waals surface area (Å²) < 4.78 is 6.34. The van der Waals surface area contributed by atoms with Gasteiger partial charge < -0.3 is 4.74 Å². The zero-order valence-corrected chi connectivity index (χ0v) is 13.0. The summed E-state index contributed by atoms with van der Waals surface area (Å²) in [6, 6.07) is 3.82. The van der Waals surface area contributed by atoms with E-state index in [9.17, 15) is 4.79 Å². The van der Waals surface area contributed by atoms with Crippen LogP contribution in [0, 0.1) is 0 Å². The Morgan fingerprint density at radius 3 is 2.60 bits per heavy atom. The SMILES string of the molecule is COC(=O)Nc1nn(C)c2c(C(C)(C)C)ccc(Cl)c12. The molecule has 0 atom stereocenters. The van der Waals surface area contributed by atoms with Crippen LogP contribution in [0.15, 0.2) is 12.1 Å². The van der Waals surface area contributed by atoms with Crippen molar-refractivity contribution in [2.24, 2.45) is 7.05 Å². The number of aryl methyl sites for hydroxylation is 1. The number of aromatic nitrogens is 2.